The molecule has 1 amide bonds. The van der Waals surface area contributed by atoms with Gasteiger partial charge in [-0.3, -0.25) is 4.79 Å². The second-order valence-corrected chi connectivity index (χ2v) is 4.45. The quantitative estimate of drug-likeness (QED) is 0.604. The molecular formula is C8H9N4O3S+. The van der Waals surface area contributed by atoms with Crippen molar-refractivity contribution in [2.75, 3.05) is 5.32 Å². The second kappa shape index (κ2) is 4.65. The Bertz CT molecular complexity index is 543. The van der Waals surface area contributed by atoms with Crippen molar-refractivity contribution < 1.29 is 13.2 Å². The van der Waals surface area contributed by atoms with E-state index in [1.807, 2.05) is 0 Å². The number of benzene rings is 1. The van der Waals surface area contributed by atoms with Crippen LogP contribution < -0.4 is 10.2 Å². The first-order chi connectivity index (χ1) is 7.45. The third kappa shape index (κ3) is 2.97. The average molecular weight is 241 g/mol. The third-order valence-corrected chi connectivity index (χ3v) is 2.79. The fourth-order valence-electron chi connectivity index (χ4n) is 1.01. The Morgan fingerprint density at radius 1 is 1.38 bits per heavy atom. The van der Waals surface area contributed by atoms with Gasteiger partial charge in [0.1, 0.15) is 5.53 Å². The number of carbonyl (C=O) groups excluding carboxylic acids is 1. The zero-order valence-electron chi connectivity index (χ0n) is 8.34. The molecule has 0 aliphatic heterocycles. The molecule has 0 heterocycles. The van der Waals surface area contributed by atoms with Crippen LogP contribution in [-0.4, -0.2) is 14.3 Å². The van der Waals surface area contributed by atoms with Crippen molar-refractivity contribution in [3.05, 3.63) is 24.3 Å². The first-order valence-corrected chi connectivity index (χ1v) is 5.61. The van der Waals surface area contributed by atoms with E-state index >= 15 is 0 Å². The van der Waals surface area contributed by atoms with Crippen molar-refractivity contribution in [2.45, 2.75) is 11.8 Å². The molecule has 0 radical (unpaired) electrons. The molecule has 0 spiro atoms. The summed E-state index contributed by atoms with van der Waals surface area (Å²) < 4.78 is 25.4. The van der Waals surface area contributed by atoms with Gasteiger partial charge in [-0.1, -0.05) is 0 Å². The highest BCUT2D eigenvalue weighted by molar-refractivity contribution is 7.90. The lowest BCUT2D eigenvalue weighted by molar-refractivity contribution is -0.114. The summed E-state index contributed by atoms with van der Waals surface area (Å²) in [5.41, 5.74) is 6.85. The molecule has 7 nitrogen and oxygen atoms in total. The van der Waals surface area contributed by atoms with Gasteiger partial charge in [-0.25, -0.2) is 0 Å². The van der Waals surface area contributed by atoms with Crippen LogP contribution in [0, 0.1) is 5.53 Å². The number of nitrogens with zero attached hydrogens (tertiary/aromatic N) is 2. The first kappa shape index (κ1) is 12.0. The van der Waals surface area contributed by atoms with Crippen LogP contribution in [0.15, 0.2) is 33.7 Å². The highest BCUT2D eigenvalue weighted by Gasteiger charge is 2.18. The number of hydrogen-bond acceptors (Lipinski definition) is 4. The molecule has 84 valence electrons. The predicted molar refractivity (Wildman–Crippen MR) is 55.2 cm³/mol. The third-order valence-electron chi connectivity index (χ3n) is 1.62. The second-order valence-electron chi connectivity index (χ2n) is 2.86. The van der Waals surface area contributed by atoms with E-state index in [1.54, 1.807) is 0 Å². The van der Waals surface area contributed by atoms with Crippen LogP contribution in [-0.2, 0) is 14.8 Å². The van der Waals surface area contributed by atoms with Gasteiger partial charge in [0.2, 0.25) is 10.8 Å². The summed E-state index contributed by atoms with van der Waals surface area (Å²) >= 11 is 0. The van der Waals surface area contributed by atoms with Crippen LogP contribution >= 0.6 is 0 Å². The van der Waals surface area contributed by atoms with Crippen LogP contribution in [0.5, 0.6) is 0 Å². The monoisotopic (exact) mass is 241 g/mol. The van der Waals surface area contributed by atoms with Crippen molar-refractivity contribution in [1.82, 2.24) is 4.91 Å². The standard InChI is InChI=1S/C8H8N4O3S/c1-6(13)10-7-2-4-8(5-3-7)16(14,15)12-11-9/h2-5,9H,1H3/p+1. The minimum atomic E-state index is -3.90. The fraction of sp³-hybridized carbons (Fsp3) is 0.125. The van der Waals surface area contributed by atoms with Crippen LogP contribution in [0.2, 0.25) is 0 Å². The van der Waals surface area contributed by atoms with Gasteiger partial charge < -0.3 is 5.32 Å². The van der Waals surface area contributed by atoms with Gasteiger partial charge in [-0.2, -0.15) is 8.42 Å². The molecule has 0 aliphatic rings. The van der Waals surface area contributed by atoms with E-state index in [2.05, 4.69) is 14.7 Å². The summed E-state index contributed by atoms with van der Waals surface area (Å²) in [6.45, 7) is 1.35. The van der Waals surface area contributed by atoms with Crippen molar-refractivity contribution >= 4 is 21.6 Å². The molecule has 0 aliphatic carbocycles. The van der Waals surface area contributed by atoms with Gasteiger partial charge in [0.15, 0.2) is 0 Å². The van der Waals surface area contributed by atoms with Crippen molar-refractivity contribution in [3.63, 3.8) is 0 Å². The molecule has 2 N–H and O–H groups in total. The zero-order chi connectivity index (χ0) is 12.2. The minimum Gasteiger partial charge on any atom is -0.326 e. The number of rotatable bonds is 3. The molecule has 1 aromatic rings. The summed E-state index contributed by atoms with van der Waals surface area (Å²) in [6.07, 6.45) is 0. The molecule has 0 bridgehead atoms. The molecule has 8 heteroatoms. The number of anilines is 1. The first-order valence-electron chi connectivity index (χ1n) is 4.17. The van der Waals surface area contributed by atoms with Gasteiger partial charge in [-0.05, 0) is 24.3 Å². The Kier molecular flexibility index (Phi) is 3.49. The maximum Gasteiger partial charge on any atom is 0.355 e. The molecule has 0 unspecified atom stereocenters. The van der Waals surface area contributed by atoms with Crippen LogP contribution in [0.1, 0.15) is 6.92 Å². The fourth-order valence-corrected chi connectivity index (χ4v) is 1.70. The molecule has 1 rings (SSSR count). The summed E-state index contributed by atoms with van der Waals surface area (Å²) in [7, 11) is -3.90. The molecule has 0 fully saturated rings. The largest absolute Gasteiger partial charge is 0.355 e. The Balaban J connectivity index is 3.04. The SMILES string of the molecule is CC(=O)Nc1ccc(S(=O)(=O)N=[N+]=N)cc1. The predicted octanol–water partition coefficient (Wildman–Crippen LogP) is 0.884. The zero-order valence-corrected chi connectivity index (χ0v) is 9.15. The van der Waals surface area contributed by atoms with E-state index in [1.165, 1.54) is 31.2 Å². The summed E-state index contributed by atoms with van der Waals surface area (Å²) in [5, 5.41) is 2.49. The van der Waals surface area contributed by atoms with Crippen LogP contribution in [0.25, 0.3) is 0 Å². The van der Waals surface area contributed by atoms with E-state index in [0.717, 1.165) is 0 Å². The van der Waals surface area contributed by atoms with Gasteiger partial charge in [0.25, 0.3) is 4.52 Å². The Hall–Kier alpha value is -2.05. The van der Waals surface area contributed by atoms with E-state index in [-0.39, 0.29) is 10.8 Å². The topological polar surface area (TPSA) is 114 Å². The number of sulfonamides is 1. The minimum absolute atomic E-state index is 0.0856. The van der Waals surface area contributed by atoms with Crippen LogP contribution in [0.3, 0.4) is 0 Å². The normalized spacial score (nSPS) is 10.3. The number of hydrogen-bond donors (Lipinski definition) is 2. The van der Waals surface area contributed by atoms with E-state index < -0.39 is 10.0 Å². The number of nitrogens with one attached hydrogen (secondary N) is 2. The van der Waals surface area contributed by atoms with E-state index in [4.69, 9.17) is 5.53 Å². The molecule has 0 saturated carbocycles. The van der Waals surface area contributed by atoms with E-state index in [9.17, 15) is 13.2 Å². The molecule has 1 aromatic carbocycles. The van der Waals surface area contributed by atoms with E-state index in [0.29, 0.717) is 5.69 Å². The Morgan fingerprint density at radius 2 is 1.94 bits per heavy atom. The Labute approximate surface area is 91.8 Å². The number of amides is 1. The molecular weight excluding hydrogens is 232 g/mol. The molecule has 0 atom stereocenters. The van der Waals surface area contributed by atoms with Crippen LogP contribution in [0.4, 0.5) is 5.69 Å². The molecule has 16 heavy (non-hydrogen) atoms. The van der Waals surface area contributed by atoms with Gasteiger partial charge in [0, 0.05) is 12.6 Å². The summed E-state index contributed by atoms with van der Waals surface area (Å²) in [6, 6.07) is 5.39. The van der Waals surface area contributed by atoms with Gasteiger partial charge in [-0.15, -0.1) is 0 Å². The smallest absolute Gasteiger partial charge is 0.326 e. The average Bonchev–Trinajstić information content (AvgIpc) is 2.17. The maximum absolute atomic E-state index is 11.3. The highest BCUT2D eigenvalue weighted by atomic mass is 32.2. The lowest BCUT2D eigenvalue weighted by Gasteiger charge is -2.01. The highest BCUT2D eigenvalue weighted by Crippen LogP contribution is 2.15. The number of carbonyl (C=O) groups is 1. The molecule has 0 aromatic heterocycles. The maximum atomic E-state index is 11.3. The molecule has 0 saturated heterocycles. The lowest BCUT2D eigenvalue weighted by Crippen LogP contribution is -2.05. The lowest BCUT2D eigenvalue weighted by atomic mass is 10.3. The van der Waals surface area contributed by atoms with Crippen molar-refractivity contribution in [3.8, 4) is 0 Å². The van der Waals surface area contributed by atoms with Crippen molar-refractivity contribution in [2.24, 2.45) is 4.52 Å². The summed E-state index contributed by atoms with van der Waals surface area (Å²) in [4.78, 5) is 13.1. The summed E-state index contributed by atoms with van der Waals surface area (Å²) in [5.74, 6) is -0.249. The van der Waals surface area contributed by atoms with Crippen molar-refractivity contribution in [1.29, 1.82) is 5.53 Å². The Morgan fingerprint density at radius 3 is 2.38 bits per heavy atom. The van der Waals surface area contributed by atoms with Gasteiger partial charge >= 0.3 is 10.0 Å². The van der Waals surface area contributed by atoms with Gasteiger partial charge in [0.05, 0.1) is 4.90 Å².